The van der Waals surface area contributed by atoms with Gasteiger partial charge in [0.15, 0.2) is 0 Å². The van der Waals surface area contributed by atoms with Crippen molar-refractivity contribution in [3.63, 3.8) is 0 Å². The molecule has 0 spiro atoms. The lowest BCUT2D eigenvalue weighted by Crippen LogP contribution is -2.20. The number of urea groups is 1. The molecule has 0 fully saturated rings. The van der Waals surface area contributed by atoms with E-state index in [4.69, 9.17) is 5.11 Å². The van der Waals surface area contributed by atoms with Crippen molar-refractivity contribution in [3.05, 3.63) is 53.8 Å². The zero-order valence-electron chi connectivity index (χ0n) is 12.0. The summed E-state index contributed by atoms with van der Waals surface area (Å²) in [6, 6.07) is 8.31. The van der Waals surface area contributed by atoms with E-state index in [1.54, 1.807) is 0 Å². The Morgan fingerprint density at radius 1 is 1.12 bits per heavy atom. The number of carbonyl (C=O) groups excluding carboxylic acids is 1. The average Bonchev–Trinajstić information content (AvgIpc) is 2.46. The van der Waals surface area contributed by atoms with Crippen LogP contribution in [0.25, 0.3) is 0 Å². The van der Waals surface area contributed by atoms with Crippen LogP contribution in [0.5, 0.6) is 0 Å². The van der Waals surface area contributed by atoms with E-state index in [1.807, 2.05) is 0 Å². The molecule has 2 amide bonds. The number of aliphatic hydroxyl groups is 1. The van der Waals surface area contributed by atoms with E-state index in [-0.39, 0.29) is 33.6 Å². The van der Waals surface area contributed by atoms with Crippen LogP contribution < -0.4 is 10.6 Å². The number of hydrogen-bond acceptors (Lipinski definition) is 3. The lowest BCUT2D eigenvalue weighted by atomic mass is 10.2. The summed E-state index contributed by atoms with van der Waals surface area (Å²) in [7, 11) is 0. The molecular weight excluding hydrogens is 348 g/mol. The van der Waals surface area contributed by atoms with Gasteiger partial charge in [0.1, 0.15) is 5.82 Å². The van der Waals surface area contributed by atoms with Crippen molar-refractivity contribution < 1.29 is 27.5 Å². The molecule has 0 heterocycles. The fourth-order valence-corrected chi connectivity index (χ4v) is 2.49. The summed E-state index contributed by atoms with van der Waals surface area (Å²) in [5.41, 5.74) is -4.31. The minimum Gasteiger partial charge on any atom is -0.391 e. The van der Waals surface area contributed by atoms with Crippen molar-refractivity contribution in [1.29, 1.82) is 0 Å². The predicted octanol–water partition coefficient (Wildman–Crippen LogP) is 4.57. The van der Waals surface area contributed by atoms with Crippen molar-refractivity contribution in [1.82, 2.24) is 0 Å². The van der Waals surface area contributed by atoms with Gasteiger partial charge in [0, 0.05) is 16.1 Å². The highest BCUT2D eigenvalue weighted by Gasteiger charge is 2.29. The van der Waals surface area contributed by atoms with Gasteiger partial charge in [-0.3, -0.25) is 0 Å². The summed E-state index contributed by atoms with van der Waals surface area (Å²) < 4.78 is 50.5. The molecule has 0 saturated heterocycles. The van der Waals surface area contributed by atoms with Gasteiger partial charge in [-0.15, -0.1) is 0 Å². The smallest absolute Gasteiger partial charge is 0.391 e. The molecule has 0 aliphatic rings. The second kappa shape index (κ2) is 7.54. The monoisotopic (exact) mass is 360 g/mol. The highest BCUT2D eigenvalue weighted by molar-refractivity contribution is 8.00. The zero-order chi connectivity index (χ0) is 17.7. The van der Waals surface area contributed by atoms with E-state index in [0.29, 0.717) is 0 Å². The lowest BCUT2D eigenvalue weighted by Gasteiger charge is -2.12. The Balaban J connectivity index is 2.08. The molecule has 9 heteroatoms. The fourth-order valence-electron chi connectivity index (χ4n) is 1.89. The topological polar surface area (TPSA) is 61.4 Å². The standard InChI is InChI=1S/C15H12F4N2O2S/c16-12-5-2-6-13(11(12)8-22)21-14(23)20-9-3-1-4-10(7-9)24-15(17,18)19/h1-7,22H,8H2,(H2,20,21,23). The van der Waals surface area contributed by atoms with Gasteiger partial charge in [0.25, 0.3) is 0 Å². The van der Waals surface area contributed by atoms with Crippen molar-refractivity contribution in [2.24, 2.45) is 0 Å². The van der Waals surface area contributed by atoms with Gasteiger partial charge in [-0.25, -0.2) is 9.18 Å². The second-order valence-corrected chi connectivity index (χ2v) is 5.72. The number of hydrogen-bond donors (Lipinski definition) is 3. The predicted molar refractivity (Wildman–Crippen MR) is 83.3 cm³/mol. The fraction of sp³-hybridized carbons (Fsp3) is 0.133. The number of carbonyl (C=O) groups is 1. The molecule has 0 bridgehead atoms. The van der Waals surface area contributed by atoms with Gasteiger partial charge in [-0.1, -0.05) is 12.1 Å². The Morgan fingerprint density at radius 2 is 1.83 bits per heavy atom. The van der Waals surface area contributed by atoms with Crippen LogP contribution in [0.2, 0.25) is 0 Å². The third-order valence-corrected chi connectivity index (χ3v) is 3.57. The molecule has 24 heavy (non-hydrogen) atoms. The number of rotatable bonds is 4. The number of thioether (sulfide) groups is 1. The molecular formula is C15H12F4N2O2S. The molecule has 2 aromatic carbocycles. The summed E-state index contributed by atoms with van der Waals surface area (Å²) >= 11 is -0.300. The van der Waals surface area contributed by atoms with E-state index in [0.717, 1.165) is 12.1 Å². The highest BCUT2D eigenvalue weighted by Crippen LogP contribution is 2.37. The Kier molecular flexibility index (Phi) is 5.68. The zero-order valence-corrected chi connectivity index (χ0v) is 12.8. The molecule has 4 nitrogen and oxygen atoms in total. The van der Waals surface area contributed by atoms with Crippen LogP contribution in [0.1, 0.15) is 5.56 Å². The van der Waals surface area contributed by atoms with E-state index in [1.165, 1.54) is 30.3 Å². The Hall–Kier alpha value is -2.26. The normalized spacial score (nSPS) is 11.2. The summed E-state index contributed by atoms with van der Waals surface area (Å²) in [5, 5.41) is 13.8. The van der Waals surface area contributed by atoms with E-state index in [2.05, 4.69) is 10.6 Å². The van der Waals surface area contributed by atoms with Gasteiger partial charge >= 0.3 is 11.5 Å². The van der Waals surface area contributed by atoms with Gasteiger partial charge < -0.3 is 15.7 Å². The minimum absolute atomic E-state index is 0.0656. The molecule has 128 valence electrons. The number of aliphatic hydroxyl groups excluding tert-OH is 1. The first-order valence-electron chi connectivity index (χ1n) is 6.60. The number of nitrogens with one attached hydrogen (secondary N) is 2. The Bertz CT molecular complexity index is 738. The molecule has 0 aliphatic heterocycles. The van der Waals surface area contributed by atoms with Gasteiger partial charge in [0.05, 0.1) is 12.3 Å². The molecule has 0 radical (unpaired) electrons. The van der Waals surface area contributed by atoms with E-state index < -0.39 is 24.0 Å². The summed E-state index contributed by atoms with van der Waals surface area (Å²) in [5.74, 6) is -0.682. The number of benzene rings is 2. The first-order valence-corrected chi connectivity index (χ1v) is 7.42. The highest BCUT2D eigenvalue weighted by atomic mass is 32.2. The molecule has 2 rings (SSSR count). The Morgan fingerprint density at radius 3 is 2.50 bits per heavy atom. The minimum atomic E-state index is -4.43. The maximum absolute atomic E-state index is 13.5. The number of amides is 2. The van der Waals surface area contributed by atoms with Crippen molar-refractivity contribution >= 4 is 29.2 Å². The SMILES string of the molecule is O=C(Nc1cccc(SC(F)(F)F)c1)Nc1cccc(F)c1CO. The molecule has 0 atom stereocenters. The number of halogens is 4. The van der Waals surface area contributed by atoms with Crippen molar-refractivity contribution in [2.45, 2.75) is 17.0 Å². The first kappa shape index (κ1) is 18.1. The quantitative estimate of drug-likeness (QED) is 0.553. The third-order valence-electron chi connectivity index (χ3n) is 2.85. The van der Waals surface area contributed by atoms with Gasteiger partial charge in [-0.2, -0.15) is 13.2 Å². The maximum Gasteiger partial charge on any atom is 0.446 e. The van der Waals surface area contributed by atoms with E-state index >= 15 is 0 Å². The van der Waals surface area contributed by atoms with Crippen LogP contribution in [-0.2, 0) is 6.61 Å². The summed E-state index contributed by atoms with van der Waals surface area (Å²) in [6.07, 6.45) is 0. The first-order chi connectivity index (χ1) is 11.3. The molecule has 3 N–H and O–H groups in total. The van der Waals surface area contributed by atoms with Crippen LogP contribution in [0, 0.1) is 5.82 Å². The van der Waals surface area contributed by atoms with E-state index in [9.17, 15) is 22.4 Å². The van der Waals surface area contributed by atoms with Crippen LogP contribution in [0.3, 0.4) is 0 Å². The molecule has 0 saturated carbocycles. The van der Waals surface area contributed by atoms with Gasteiger partial charge in [-0.05, 0) is 42.1 Å². The lowest BCUT2D eigenvalue weighted by molar-refractivity contribution is -0.0328. The average molecular weight is 360 g/mol. The molecule has 2 aromatic rings. The maximum atomic E-state index is 13.5. The molecule has 0 unspecified atom stereocenters. The Labute approximate surface area is 138 Å². The number of anilines is 2. The largest absolute Gasteiger partial charge is 0.446 e. The van der Waals surface area contributed by atoms with Crippen LogP contribution in [0.15, 0.2) is 47.4 Å². The van der Waals surface area contributed by atoms with Crippen molar-refractivity contribution in [3.8, 4) is 0 Å². The summed E-state index contributed by atoms with van der Waals surface area (Å²) in [6.45, 7) is -0.611. The number of alkyl halides is 3. The second-order valence-electron chi connectivity index (χ2n) is 4.58. The summed E-state index contributed by atoms with van der Waals surface area (Å²) in [4.78, 5) is 11.8. The van der Waals surface area contributed by atoms with Crippen LogP contribution in [-0.4, -0.2) is 16.6 Å². The van der Waals surface area contributed by atoms with Crippen molar-refractivity contribution in [2.75, 3.05) is 10.6 Å². The molecule has 0 aliphatic carbocycles. The third kappa shape index (κ3) is 5.14. The molecule has 0 aromatic heterocycles. The van der Waals surface area contributed by atoms with Crippen LogP contribution >= 0.6 is 11.8 Å². The van der Waals surface area contributed by atoms with Gasteiger partial charge in [0.2, 0.25) is 0 Å². The van der Waals surface area contributed by atoms with Crippen LogP contribution in [0.4, 0.5) is 33.7 Å².